The first-order valence-electron chi connectivity index (χ1n) is 12.7. The number of unbranched alkanes of at least 4 members (excludes halogenated alkanes) is 1. The number of carbonyl (C=O) groups excluding carboxylic acids is 2. The number of nitrogens with zero attached hydrogens (tertiary/aromatic N) is 2. The van der Waals surface area contributed by atoms with Crippen LogP contribution in [-0.2, 0) is 17.1 Å². The van der Waals surface area contributed by atoms with Gasteiger partial charge in [-0.3, -0.25) is 9.59 Å². The highest BCUT2D eigenvalue weighted by Crippen LogP contribution is 2.15. The number of allylic oxidation sites excluding steroid dienone is 2. The smallest absolute Gasteiger partial charge is 0.330 e. The van der Waals surface area contributed by atoms with E-state index in [0.717, 1.165) is 5.56 Å². The van der Waals surface area contributed by atoms with Crippen molar-refractivity contribution in [1.82, 2.24) is 20.6 Å². The molecule has 0 radical (unpaired) electrons. The number of carbonyl (C=O) groups is 3. The third kappa shape index (κ3) is 10.3. The zero-order valence-electron chi connectivity index (χ0n) is 23.0. The van der Waals surface area contributed by atoms with E-state index in [9.17, 15) is 18.8 Å². The largest absolute Gasteiger partial charge is 0.478 e. The van der Waals surface area contributed by atoms with Gasteiger partial charge < -0.3 is 15.7 Å². The Balaban J connectivity index is 2.22. The molecular formula is C30H35FN4O4S. The zero-order chi connectivity index (χ0) is 29.7. The van der Waals surface area contributed by atoms with Gasteiger partial charge in [-0.05, 0) is 68.2 Å². The molecule has 1 atom stereocenters. The maximum Gasteiger partial charge on any atom is 0.330 e. The number of carboxylic acid groups (broad SMARTS) is 1. The number of nitrogens with one attached hydrogen (secondary N) is 2. The molecule has 2 amide bonds. The molecule has 1 aromatic carbocycles. The highest BCUT2D eigenvalue weighted by Gasteiger charge is 2.20. The van der Waals surface area contributed by atoms with E-state index in [4.69, 9.17) is 5.11 Å². The second kappa shape index (κ2) is 16.1. The molecule has 1 aromatic heterocycles. The van der Waals surface area contributed by atoms with E-state index in [1.165, 1.54) is 30.8 Å². The van der Waals surface area contributed by atoms with Gasteiger partial charge in [-0.15, -0.1) is 11.8 Å². The average Bonchev–Trinajstić information content (AvgIpc) is 2.94. The quantitative estimate of drug-likeness (QED) is 0.144. The van der Waals surface area contributed by atoms with E-state index in [-0.39, 0.29) is 29.3 Å². The number of hydrogen-bond acceptors (Lipinski definition) is 6. The summed E-state index contributed by atoms with van der Waals surface area (Å²) in [5.41, 5.74) is 2.10. The summed E-state index contributed by atoms with van der Waals surface area (Å²) in [5.74, 6) is -1.64. The van der Waals surface area contributed by atoms with Gasteiger partial charge >= 0.3 is 5.97 Å². The molecule has 0 aliphatic heterocycles. The van der Waals surface area contributed by atoms with Crippen molar-refractivity contribution < 1.29 is 23.9 Å². The van der Waals surface area contributed by atoms with Crippen LogP contribution in [0.4, 0.5) is 4.39 Å². The molecule has 10 heteroatoms. The lowest BCUT2D eigenvalue weighted by Gasteiger charge is -2.19. The number of rotatable bonds is 15. The number of aromatic nitrogens is 2. The fraction of sp³-hybridized carbons (Fsp3) is 0.300. The van der Waals surface area contributed by atoms with Gasteiger partial charge in [-0.1, -0.05) is 43.5 Å². The highest BCUT2D eigenvalue weighted by molar-refractivity contribution is 8.01. The number of aliphatic carboxylic acids is 1. The van der Waals surface area contributed by atoms with Gasteiger partial charge in [0.15, 0.2) is 0 Å². The van der Waals surface area contributed by atoms with Crippen LogP contribution in [-0.4, -0.2) is 38.9 Å². The molecule has 0 fully saturated rings. The normalized spacial score (nSPS) is 12.2. The van der Waals surface area contributed by atoms with Gasteiger partial charge in [0.25, 0.3) is 11.8 Å². The van der Waals surface area contributed by atoms with E-state index < -0.39 is 23.8 Å². The van der Waals surface area contributed by atoms with Crippen molar-refractivity contribution in [2.24, 2.45) is 0 Å². The van der Waals surface area contributed by atoms with Crippen molar-refractivity contribution >= 4 is 29.5 Å². The molecule has 0 aliphatic rings. The summed E-state index contributed by atoms with van der Waals surface area (Å²) in [4.78, 5) is 46.0. The monoisotopic (exact) mass is 566 g/mol. The Morgan fingerprint density at radius 3 is 2.50 bits per heavy atom. The molecule has 40 heavy (non-hydrogen) atoms. The van der Waals surface area contributed by atoms with Gasteiger partial charge in [0.1, 0.15) is 23.0 Å². The van der Waals surface area contributed by atoms with Gasteiger partial charge in [-0.2, -0.15) is 0 Å². The number of benzene rings is 1. The molecule has 3 N–H and O–H groups in total. The Hall–Kier alpha value is -4.05. The molecule has 0 saturated carbocycles. The van der Waals surface area contributed by atoms with E-state index in [0.29, 0.717) is 42.0 Å². The topological polar surface area (TPSA) is 121 Å². The van der Waals surface area contributed by atoms with Gasteiger partial charge in [0.2, 0.25) is 0 Å². The molecular weight excluding hydrogens is 531 g/mol. The molecule has 1 unspecified atom stereocenters. The molecule has 1 heterocycles. The van der Waals surface area contributed by atoms with Crippen molar-refractivity contribution in [1.29, 1.82) is 0 Å². The predicted molar refractivity (Wildman–Crippen MR) is 156 cm³/mol. The third-order valence-corrected chi connectivity index (χ3v) is 6.75. The number of halogens is 1. The van der Waals surface area contributed by atoms with Crippen LogP contribution in [0.1, 0.15) is 71.0 Å². The standard InChI is InChI=1S/C30H35FN4O4S/c1-6-14-40-18-27-33-25(28(36)32-17-22-12-13-23(31)21(5)15-22)16-26(34-27)29(37)35-24(19(3)7-2)11-9-8-10-20(4)30(38)39/h6-7,10,12-16,24H,2-3,8-9,11,17-18H2,1,4-5H3,(H,32,36)(H,35,37)(H,38,39)/b14-6-,20-10+. The van der Waals surface area contributed by atoms with E-state index in [1.54, 1.807) is 31.2 Å². The third-order valence-electron chi connectivity index (χ3n) is 5.86. The summed E-state index contributed by atoms with van der Waals surface area (Å²) in [6.07, 6.45) is 6.67. The Morgan fingerprint density at radius 1 is 1.18 bits per heavy atom. The SMILES string of the molecule is C=CC(=C)C(CCC/C=C(\C)C(=O)O)NC(=O)c1cc(C(=O)NCc2ccc(F)c(C)c2)nc(CS/C=C\C)n1. The van der Waals surface area contributed by atoms with Crippen molar-refractivity contribution in [2.45, 2.75) is 58.4 Å². The highest BCUT2D eigenvalue weighted by atomic mass is 32.2. The minimum Gasteiger partial charge on any atom is -0.478 e. The number of carboxylic acids is 1. The lowest BCUT2D eigenvalue weighted by Crippen LogP contribution is -2.36. The Labute approximate surface area is 238 Å². The summed E-state index contributed by atoms with van der Waals surface area (Å²) >= 11 is 1.42. The molecule has 2 aromatic rings. The van der Waals surface area contributed by atoms with Crippen molar-refractivity contribution in [3.05, 3.63) is 106 Å². The number of amides is 2. The van der Waals surface area contributed by atoms with Crippen LogP contribution >= 0.6 is 11.8 Å². The maximum atomic E-state index is 13.6. The second-order valence-electron chi connectivity index (χ2n) is 9.03. The fourth-order valence-electron chi connectivity index (χ4n) is 3.56. The Morgan fingerprint density at radius 2 is 1.88 bits per heavy atom. The van der Waals surface area contributed by atoms with Crippen LogP contribution in [0.2, 0.25) is 0 Å². The summed E-state index contributed by atoms with van der Waals surface area (Å²) in [5, 5.41) is 16.5. The maximum absolute atomic E-state index is 13.6. The summed E-state index contributed by atoms with van der Waals surface area (Å²) in [6.45, 7) is 12.9. The van der Waals surface area contributed by atoms with E-state index in [2.05, 4.69) is 33.8 Å². The second-order valence-corrected chi connectivity index (χ2v) is 9.92. The summed E-state index contributed by atoms with van der Waals surface area (Å²) in [6, 6.07) is 5.46. The van der Waals surface area contributed by atoms with Crippen molar-refractivity contribution in [2.75, 3.05) is 0 Å². The average molecular weight is 567 g/mol. The lowest BCUT2D eigenvalue weighted by molar-refractivity contribution is -0.132. The molecule has 8 nitrogen and oxygen atoms in total. The lowest BCUT2D eigenvalue weighted by atomic mass is 10.0. The molecule has 0 aliphatic carbocycles. The first-order valence-corrected chi connectivity index (χ1v) is 13.8. The zero-order valence-corrected chi connectivity index (χ0v) is 23.8. The molecule has 212 valence electrons. The molecule has 0 bridgehead atoms. The van der Waals surface area contributed by atoms with E-state index in [1.807, 2.05) is 18.4 Å². The first kappa shape index (κ1) is 32.2. The molecule has 0 spiro atoms. The van der Waals surface area contributed by atoms with Crippen LogP contribution < -0.4 is 10.6 Å². The fourth-order valence-corrected chi connectivity index (χ4v) is 4.12. The van der Waals surface area contributed by atoms with Gasteiger partial charge in [-0.25, -0.2) is 19.2 Å². The Bertz CT molecular complexity index is 1320. The number of hydrogen-bond donors (Lipinski definition) is 3. The Kier molecular flexibility index (Phi) is 13.0. The van der Waals surface area contributed by atoms with Crippen LogP contribution in [0.25, 0.3) is 0 Å². The molecule has 2 rings (SSSR count). The predicted octanol–water partition coefficient (Wildman–Crippen LogP) is 5.66. The summed E-state index contributed by atoms with van der Waals surface area (Å²) < 4.78 is 13.6. The van der Waals surface area contributed by atoms with Crippen molar-refractivity contribution in [3.63, 3.8) is 0 Å². The number of aryl methyl sites for hydroxylation is 1. The van der Waals surface area contributed by atoms with Crippen LogP contribution in [0.15, 0.2) is 72.2 Å². The first-order chi connectivity index (χ1) is 19.0. The van der Waals surface area contributed by atoms with Gasteiger partial charge in [0.05, 0.1) is 11.8 Å². The van der Waals surface area contributed by atoms with Crippen molar-refractivity contribution in [3.8, 4) is 0 Å². The minimum atomic E-state index is -0.972. The minimum absolute atomic E-state index is 0.0253. The van der Waals surface area contributed by atoms with Crippen LogP contribution in [0, 0.1) is 12.7 Å². The summed E-state index contributed by atoms with van der Waals surface area (Å²) in [7, 11) is 0. The van der Waals surface area contributed by atoms with Crippen LogP contribution in [0.5, 0.6) is 0 Å². The van der Waals surface area contributed by atoms with Crippen LogP contribution in [0.3, 0.4) is 0 Å². The van der Waals surface area contributed by atoms with E-state index >= 15 is 0 Å². The molecule has 0 saturated heterocycles. The number of thioether (sulfide) groups is 1. The van der Waals surface area contributed by atoms with Gasteiger partial charge in [0, 0.05) is 18.2 Å².